The highest BCUT2D eigenvalue weighted by atomic mass is 16.6. The first-order chi connectivity index (χ1) is 32.3. The zero-order valence-electron chi connectivity index (χ0n) is 42.4. The molecule has 2 bridgehead atoms. The van der Waals surface area contributed by atoms with Crippen LogP contribution in [0.4, 0.5) is 0 Å². The molecule has 68 heavy (non-hydrogen) atoms. The number of cyclic esters (lactones) is 1. The molecule has 15 nitrogen and oxygen atoms in total. The van der Waals surface area contributed by atoms with Crippen molar-refractivity contribution in [1.82, 2.24) is 4.90 Å². The summed E-state index contributed by atoms with van der Waals surface area (Å²) in [4.78, 5) is 72.1. The fourth-order valence-electron chi connectivity index (χ4n) is 10.5. The third-order valence-corrected chi connectivity index (χ3v) is 14.9. The highest BCUT2D eigenvalue weighted by Gasteiger charge is 2.53. The molecule has 3 N–H and O–H groups in total. The lowest BCUT2D eigenvalue weighted by Gasteiger charge is -2.42. The van der Waals surface area contributed by atoms with Gasteiger partial charge in [-0.15, -0.1) is 0 Å². The molecule has 15 heteroatoms. The second-order valence-electron chi connectivity index (χ2n) is 20.2. The Balaban J connectivity index is 1.70. The molecule has 1 amide bonds. The number of nitrogens with zero attached hydrogens (tertiary/aromatic N) is 1. The number of aliphatic hydroxyl groups excluding tert-OH is 2. The molecular formula is C53H83NO14. The number of hydrogen-bond acceptors (Lipinski definition) is 14. The third kappa shape index (κ3) is 15.3. The number of allylic oxidation sites excluding steroid dienone is 6. The highest BCUT2D eigenvalue weighted by molar-refractivity contribution is 6.39. The second-order valence-corrected chi connectivity index (χ2v) is 20.2. The molecule has 3 fully saturated rings. The number of carbonyl (C=O) groups excluding carboxylic acids is 5. The molecule has 1 saturated carbocycles. The summed E-state index contributed by atoms with van der Waals surface area (Å²) in [6.07, 6.45) is 12.0. The molecule has 384 valence electrons. The molecule has 0 aromatic rings. The number of ether oxygens (including phenoxy) is 6. The molecule has 3 heterocycles. The van der Waals surface area contributed by atoms with Gasteiger partial charge in [0.25, 0.3) is 11.7 Å². The van der Waals surface area contributed by atoms with E-state index in [2.05, 4.69) is 0 Å². The first kappa shape index (κ1) is 57.2. The molecule has 0 aromatic heterocycles. The zero-order valence-corrected chi connectivity index (χ0v) is 42.4. The van der Waals surface area contributed by atoms with Crippen LogP contribution in [0.1, 0.15) is 126 Å². The first-order valence-corrected chi connectivity index (χ1v) is 25.0. The van der Waals surface area contributed by atoms with E-state index in [0.29, 0.717) is 63.4 Å². The van der Waals surface area contributed by atoms with Crippen molar-refractivity contribution in [3.63, 3.8) is 0 Å². The molecule has 0 spiro atoms. The number of Topliss-reactive ketones (excluding diaryl/α,β-unsaturated/α-hetero) is 3. The van der Waals surface area contributed by atoms with Gasteiger partial charge in [0, 0.05) is 58.5 Å². The quantitative estimate of drug-likeness (QED) is 0.134. The maximum absolute atomic E-state index is 14.5. The van der Waals surface area contributed by atoms with Crippen LogP contribution in [0.2, 0.25) is 0 Å². The zero-order chi connectivity index (χ0) is 50.3. The maximum atomic E-state index is 14.5. The van der Waals surface area contributed by atoms with Crippen molar-refractivity contribution < 1.29 is 67.7 Å². The Bertz CT molecular complexity index is 1810. The Morgan fingerprint density at radius 1 is 0.853 bits per heavy atom. The monoisotopic (exact) mass is 958 g/mol. The van der Waals surface area contributed by atoms with Crippen molar-refractivity contribution in [2.75, 3.05) is 41.1 Å². The number of rotatable bonds is 9. The Morgan fingerprint density at radius 2 is 1.59 bits per heavy atom. The third-order valence-electron chi connectivity index (χ3n) is 14.9. The van der Waals surface area contributed by atoms with E-state index in [1.807, 2.05) is 58.1 Å². The molecule has 0 aromatic carbocycles. The lowest BCUT2D eigenvalue weighted by atomic mass is 9.78. The van der Waals surface area contributed by atoms with Crippen molar-refractivity contribution >= 4 is 29.2 Å². The number of aliphatic hydroxyl groups is 3. The first-order valence-electron chi connectivity index (χ1n) is 25.0. The molecule has 2 saturated heterocycles. The molecule has 0 radical (unpaired) electrons. The van der Waals surface area contributed by atoms with Crippen LogP contribution in [0.5, 0.6) is 0 Å². The lowest BCUT2D eigenvalue weighted by Crippen LogP contribution is -2.61. The minimum atomic E-state index is -2.43. The van der Waals surface area contributed by atoms with Gasteiger partial charge < -0.3 is 48.6 Å². The van der Waals surface area contributed by atoms with Gasteiger partial charge in [-0.05, 0) is 107 Å². The van der Waals surface area contributed by atoms with Crippen LogP contribution in [-0.2, 0) is 52.4 Å². The van der Waals surface area contributed by atoms with Crippen LogP contribution in [-0.4, -0.2) is 145 Å². The molecule has 1 unspecified atom stereocenters. The predicted molar refractivity (Wildman–Crippen MR) is 256 cm³/mol. The number of esters is 1. The van der Waals surface area contributed by atoms with Gasteiger partial charge in [0.2, 0.25) is 5.79 Å². The van der Waals surface area contributed by atoms with Crippen LogP contribution in [0, 0.1) is 35.5 Å². The van der Waals surface area contributed by atoms with Gasteiger partial charge >= 0.3 is 5.97 Å². The summed E-state index contributed by atoms with van der Waals surface area (Å²) in [6.45, 7) is 12.9. The van der Waals surface area contributed by atoms with E-state index in [4.69, 9.17) is 28.4 Å². The summed E-state index contributed by atoms with van der Waals surface area (Å²) in [6, 6.07) is -1.14. The Kier molecular flexibility index (Phi) is 22.9. The van der Waals surface area contributed by atoms with Gasteiger partial charge in [-0.3, -0.25) is 19.2 Å². The number of hydrogen-bond donors (Lipinski definition) is 3. The number of carbonyl (C=O) groups is 5. The SMILES string of the molecule is CO[C@H]1C[C@@H]2CC[C@@H](C)C(O)(O2)C(=O)C(=O)N2CCCC[C@H]2C(=O)O[C@H]([C@H](C)C[C@@H]2CC[C@@H](OCCO)[C@H](OC)C2)CC(=O)[C@H](C)C=C(C)[C@H](O)[C@@H](OC)C(=O)[C@H](C)C[C@H](C)C=CC=CC=C1C. The number of methoxy groups -OCH3 is 3. The molecule has 3 aliphatic heterocycles. The van der Waals surface area contributed by atoms with Crippen molar-refractivity contribution in [3.8, 4) is 0 Å². The van der Waals surface area contributed by atoms with Crippen LogP contribution in [0.25, 0.3) is 0 Å². The van der Waals surface area contributed by atoms with Crippen LogP contribution in [0.15, 0.2) is 47.6 Å². The van der Waals surface area contributed by atoms with E-state index in [1.54, 1.807) is 41.1 Å². The van der Waals surface area contributed by atoms with Gasteiger partial charge in [-0.25, -0.2) is 4.79 Å². The van der Waals surface area contributed by atoms with Crippen molar-refractivity contribution in [3.05, 3.63) is 47.6 Å². The summed E-state index contributed by atoms with van der Waals surface area (Å²) in [5.41, 5.74) is 1.26. The number of ketones is 3. The smallest absolute Gasteiger partial charge is 0.329 e. The van der Waals surface area contributed by atoms with E-state index in [1.165, 1.54) is 12.0 Å². The minimum absolute atomic E-state index is 0.0158. The molecular weight excluding hydrogens is 875 g/mol. The summed E-state index contributed by atoms with van der Waals surface area (Å²) in [5, 5.41) is 32.8. The topological polar surface area (TPSA) is 205 Å². The van der Waals surface area contributed by atoms with Gasteiger partial charge in [0.05, 0.1) is 37.6 Å². The largest absolute Gasteiger partial charge is 0.460 e. The van der Waals surface area contributed by atoms with Crippen molar-refractivity contribution in [1.29, 1.82) is 0 Å². The maximum Gasteiger partial charge on any atom is 0.329 e. The average Bonchev–Trinajstić information content (AvgIpc) is 3.32. The second kappa shape index (κ2) is 27.3. The van der Waals surface area contributed by atoms with Crippen LogP contribution in [0.3, 0.4) is 0 Å². The lowest BCUT2D eigenvalue weighted by molar-refractivity contribution is -0.265. The van der Waals surface area contributed by atoms with Crippen molar-refractivity contribution in [2.24, 2.45) is 35.5 Å². The highest BCUT2D eigenvalue weighted by Crippen LogP contribution is 2.38. The molecule has 15 atom stereocenters. The van der Waals surface area contributed by atoms with E-state index in [-0.39, 0.29) is 74.1 Å². The fourth-order valence-corrected chi connectivity index (χ4v) is 10.5. The summed E-state index contributed by atoms with van der Waals surface area (Å²) < 4.78 is 35.6. The van der Waals surface area contributed by atoms with E-state index >= 15 is 0 Å². The van der Waals surface area contributed by atoms with E-state index in [0.717, 1.165) is 12.0 Å². The number of amides is 1. The Morgan fingerprint density at radius 3 is 2.26 bits per heavy atom. The van der Waals surface area contributed by atoms with Gasteiger partial charge in [-0.2, -0.15) is 0 Å². The summed E-state index contributed by atoms with van der Waals surface area (Å²) >= 11 is 0. The summed E-state index contributed by atoms with van der Waals surface area (Å²) in [7, 11) is 4.58. The molecule has 1 aliphatic carbocycles. The normalized spacial score (nSPS) is 36.7. The molecule has 4 aliphatic rings. The fraction of sp³-hybridized carbons (Fsp3) is 0.755. The van der Waals surface area contributed by atoms with Gasteiger partial charge in [-0.1, -0.05) is 71.1 Å². The average molecular weight is 958 g/mol. The molecule has 4 rings (SSSR count). The summed E-state index contributed by atoms with van der Waals surface area (Å²) in [5.74, 6) is -7.96. The van der Waals surface area contributed by atoms with E-state index in [9.17, 15) is 39.3 Å². The van der Waals surface area contributed by atoms with Crippen LogP contribution < -0.4 is 0 Å². The Labute approximate surface area is 405 Å². The van der Waals surface area contributed by atoms with Crippen LogP contribution >= 0.6 is 0 Å². The number of piperidine rings is 1. The van der Waals surface area contributed by atoms with Gasteiger partial charge in [0.1, 0.15) is 30.1 Å². The standard InChI is InChI=1S/C53H83NO14/c1-32-16-12-11-13-17-33(2)44(63-8)30-40-21-19-38(7)53(62,68-40)50(59)51(60)54-23-15-14-18-41(54)52(61)67-45(35(4)28-39-20-22-43(66-25-24-55)46(29-39)64-9)31-42(56)34(3)27-37(6)48(58)49(65-10)47(57)36(5)26-32/h11-13,16-17,27,32,34-36,38-41,43-46,48-49,55,58,62H,14-15,18-26,28-31H2,1-10H3/t32-,34-,35-,36-,38-,39+,40+,41+,43-,44+,45+,46-,48+,49+,53?/m1/s1. The van der Waals surface area contributed by atoms with Crippen molar-refractivity contribution in [2.45, 2.75) is 180 Å². The van der Waals surface area contributed by atoms with E-state index < -0.39 is 77.8 Å². The number of fused-ring (bicyclic) bond motifs is 3. The predicted octanol–water partition coefficient (Wildman–Crippen LogP) is 6.20. The Hall–Kier alpha value is -3.41. The van der Waals surface area contributed by atoms with Gasteiger partial charge in [0.15, 0.2) is 5.78 Å². The minimum Gasteiger partial charge on any atom is -0.460 e.